The predicted octanol–water partition coefficient (Wildman–Crippen LogP) is 1.07. The van der Waals surface area contributed by atoms with Crippen LogP contribution in [0, 0.1) is 11.8 Å². The summed E-state index contributed by atoms with van der Waals surface area (Å²) in [7, 11) is 0. The zero-order valence-corrected chi connectivity index (χ0v) is 14.6. The van der Waals surface area contributed by atoms with E-state index in [9.17, 15) is 14.4 Å². The van der Waals surface area contributed by atoms with Gasteiger partial charge in [0.25, 0.3) is 0 Å². The van der Waals surface area contributed by atoms with Gasteiger partial charge in [0.1, 0.15) is 12.4 Å². The van der Waals surface area contributed by atoms with Crippen LogP contribution in [0.1, 0.15) is 46.5 Å². The third-order valence-electron chi connectivity index (χ3n) is 4.71. The average molecular weight is 326 g/mol. The average Bonchev–Trinajstić information content (AvgIpc) is 2.62. The number of hydrogen-bond acceptors (Lipinski definition) is 4. The SMILES string of the molecule is CC.CC(=O)C1CCN(C(=O)C2CCN(C(=O)CO)CC2)CC1. The van der Waals surface area contributed by atoms with Crippen LogP contribution in [0.3, 0.4) is 0 Å². The molecule has 6 heteroatoms. The Hall–Kier alpha value is -1.43. The lowest BCUT2D eigenvalue weighted by atomic mass is 9.90. The van der Waals surface area contributed by atoms with Gasteiger partial charge < -0.3 is 14.9 Å². The number of piperidine rings is 2. The number of rotatable bonds is 3. The lowest BCUT2D eigenvalue weighted by Crippen LogP contribution is -2.47. The molecular weight excluding hydrogens is 296 g/mol. The van der Waals surface area contributed by atoms with E-state index in [0.29, 0.717) is 39.0 Å². The minimum atomic E-state index is -0.461. The van der Waals surface area contributed by atoms with E-state index in [1.54, 1.807) is 11.8 Å². The number of nitrogens with zero attached hydrogens (tertiary/aromatic N) is 2. The van der Waals surface area contributed by atoms with E-state index in [1.807, 2.05) is 18.7 Å². The third-order valence-corrected chi connectivity index (χ3v) is 4.71. The first-order chi connectivity index (χ1) is 11.0. The summed E-state index contributed by atoms with van der Waals surface area (Å²) in [4.78, 5) is 38.7. The van der Waals surface area contributed by atoms with E-state index in [1.165, 1.54) is 0 Å². The second-order valence-electron chi connectivity index (χ2n) is 6.02. The summed E-state index contributed by atoms with van der Waals surface area (Å²) in [5.41, 5.74) is 0. The monoisotopic (exact) mass is 326 g/mol. The highest BCUT2D eigenvalue weighted by Crippen LogP contribution is 2.24. The van der Waals surface area contributed by atoms with Crippen molar-refractivity contribution in [2.75, 3.05) is 32.8 Å². The number of likely N-dealkylation sites (tertiary alicyclic amines) is 2. The minimum absolute atomic E-state index is 0.0263. The number of carbonyl (C=O) groups is 3. The summed E-state index contributed by atoms with van der Waals surface area (Å²) in [6, 6.07) is 0. The normalized spacial score (nSPS) is 19.8. The molecule has 2 amide bonds. The van der Waals surface area contributed by atoms with E-state index in [4.69, 9.17) is 5.11 Å². The summed E-state index contributed by atoms with van der Waals surface area (Å²) in [5.74, 6) is 0.203. The zero-order chi connectivity index (χ0) is 17.4. The molecule has 0 saturated carbocycles. The second-order valence-corrected chi connectivity index (χ2v) is 6.02. The maximum Gasteiger partial charge on any atom is 0.248 e. The van der Waals surface area contributed by atoms with E-state index < -0.39 is 6.61 Å². The smallest absolute Gasteiger partial charge is 0.248 e. The maximum atomic E-state index is 12.5. The second kappa shape index (κ2) is 9.65. The van der Waals surface area contributed by atoms with Gasteiger partial charge in [-0.25, -0.2) is 0 Å². The molecule has 0 aromatic carbocycles. The van der Waals surface area contributed by atoms with Crippen LogP contribution in [-0.2, 0) is 14.4 Å². The molecule has 0 bridgehead atoms. The maximum absolute atomic E-state index is 12.5. The zero-order valence-electron chi connectivity index (χ0n) is 14.6. The Bertz CT molecular complexity index is 409. The van der Waals surface area contributed by atoms with E-state index in [-0.39, 0.29) is 29.4 Å². The molecule has 0 unspecified atom stereocenters. The van der Waals surface area contributed by atoms with Crippen LogP contribution in [0.25, 0.3) is 0 Å². The quantitative estimate of drug-likeness (QED) is 0.841. The van der Waals surface area contributed by atoms with Crippen LogP contribution in [0.5, 0.6) is 0 Å². The van der Waals surface area contributed by atoms with Crippen LogP contribution in [0.15, 0.2) is 0 Å². The van der Waals surface area contributed by atoms with Crippen molar-refractivity contribution in [3.63, 3.8) is 0 Å². The molecule has 2 aliphatic heterocycles. The highest BCUT2D eigenvalue weighted by Gasteiger charge is 2.32. The Balaban J connectivity index is 0.00000127. The number of hydrogen-bond donors (Lipinski definition) is 1. The number of aliphatic hydroxyl groups excluding tert-OH is 1. The van der Waals surface area contributed by atoms with Crippen molar-refractivity contribution < 1.29 is 19.5 Å². The molecule has 0 radical (unpaired) electrons. The van der Waals surface area contributed by atoms with Crippen molar-refractivity contribution in [1.29, 1.82) is 0 Å². The first-order valence-corrected chi connectivity index (χ1v) is 8.70. The summed E-state index contributed by atoms with van der Waals surface area (Å²) in [5, 5.41) is 8.84. The number of Topliss-reactive ketones (excluding diaryl/α,β-unsaturated/α-hetero) is 1. The largest absolute Gasteiger partial charge is 0.387 e. The molecule has 0 aliphatic carbocycles. The molecule has 132 valence electrons. The van der Waals surface area contributed by atoms with Crippen molar-refractivity contribution in [3.8, 4) is 0 Å². The lowest BCUT2D eigenvalue weighted by molar-refractivity contribution is -0.143. The first-order valence-electron chi connectivity index (χ1n) is 8.70. The van der Waals surface area contributed by atoms with E-state index in [2.05, 4.69) is 0 Å². The molecule has 2 aliphatic rings. The van der Waals surface area contributed by atoms with Crippen molar-refractivity contribution in [1.82, 2.24) is 9.80 Å². The van der Waals surface area contributed by atoms with Gasteiger partial charge in [-0.05, 0) is 32.6 Å². The molecule has 2 fully saturated rings. The van der Waals surface area contributed by atoms with Crippen molar-refractivity contribution in [3.05, 3.63) is 0 Å². The molecule has 2 saturated heterocycles. The van der Waals surface area contributed by atoms with Gasteiger partial charge in [-0.3, -0.25) is 14.4 Å². The fourth-order valence-corrected chi connectivity index (χ4v) is 3.24. The Morgan fingerprint density at radius 2 is 1.30 bits per heavy atom. The first kappa shape index (κ1) is 19.6. The summed E-state index contributed by atoms with van der Waals surface area (Å²) >= 11 is 0. The van der Waals surface area contributed by atoms with Crippen LogP contribution in [-0.4, -0.2) is 65.3 Å². The third kappa shape index (κ3) is 5.30. The Morgan fingerprint density at radius 1 is 0.870 bits per heavy atom. The summed E-state index contributed by atoms with van der Waals surface area (Å²) in [6.07, 6.45) is 2.86. The number of amides is 2. The number of carbonyl (C=O) groups excluding carboxylic acids is 3. The fourth-order valence-electron chi connectivity index (χ4n) is 3.24. The minimum Gasteiger partial charge on any atom is -0.387 e. The van der Waals surface area contributed by atoms with Gasteiger partial charge in [0.05, 0.1) is 0 Å². The van der Waals surface area contributed by atoms with Crippen molar-refractivity contribution in [2.24, 2.45) is 11.8 Å². The number of aliphatic hydroxyl groups is 1. The molecule has 0 aromatic heterocycles. The fraction of sp³-hybridized carbons (Fsp3) is 0.824. The molecular formula is C17H30N2O4. The Kier molecular flexibility index (Phi) is 8.23. The Labute approximate surface area is 138 Å². The van der Waals surface area contributed by atoms with Gasteiger partial charge in [0.2, 0.25) is 11.8 Å². The Morgan fingerprint density at radius 3 is 1.74 bits per heavy atom. The molecule has 6 nitrogen and oxygen atoms in total. The van der Waals surface area contributed by atoms with Crippen LogP contribution in [0.4, 0.5) is 0 Å². The van der Waals surface area contributed by atoms with Gasteiger partial charge in [-0.1, -0.05) is 13.8 Å². The molecule has 0 aromatic rings. The van der Waals surface area contributed by atoms with Gasteiger partial charge in [-0.2, -0.15) is 0 Å². The summed E-state index contributed by atoms with van der Waals surface area (Å²) < 4.78 is 0. The van der Waals surface area contributed by atoms with Gasteiger partial charge >= 0.3 is 0 Å². The van der Waals surface area contributed by atoms with Crippen molar-refractivity contribution in [2.45, 2.75) is 46.5 Å². The molecule has 0 spiro atoms. The molecule has 0 atom stereocenters. The van der Waals surface area contributed by atoms with Gasteiger partial charge in [-0.15, -0.1) is 0 Å². The molecule has 2 heterocycles. The van der Waals surface area contributed by atoms with Crippen LogP contribution >= 0.6 is 0 Å². The van der Waals surface area contributed by atoms with Crippen molar-refractivity contribution >= 4 is 17.6 Å². The molecule has 23 heavy (non-hydrogen) atoms. The van der Waals surface area contributed by atoms with Gasteiger partial charge in [0, 0.05) is 38.0 Å². The lowest BCUT2D eigenvalue weighted by Gasteiger charge is -2.36. The molecule has 2 rings (SSSR count). The molecule has 1 N–H and O–H groups in total. The van der Waals surface area contributed by atoms with E-state index in [0.717, 1.165) is 12.8 Å². The standard InChI is InChI=1S/C15H24N2O4.C2H6/c1-11(19)12-2-8-17(9-3-12)15(21)13-4-6-16(7-5-13)14(20)10-18;1-2/h12-13,18H,2-10H2,1H3;1-2H3. The van der Waals surface area contributed by atoms with Crippen LogP contribution in [0.2, 0.25) is 0 Å². The highest BCUT2D eigenvalue weighted by molar-refractivity contribution is 5.81. The highest BCUT2D eigenvalue weighted by atomic mass is 16.3. The summed E-state index contributed by atoms with van der Waals surface area (Å²) in [6.45, 7) is 7.57. The van der Waals surface area contributed by atoms with Crippen LogP contribution < -0.4 is 0 Å². The topological polar surface area (TPSA) is 77.9 Å². The predicted molar refractivity (Wildman–Crippen MR) is 87.7 cm³/mol. The number of ketones is 1. The van der Waals surface area contributed by atoms with E-state index >= 15 is 0 Å². The van der Waals surface area contributed by atoms with Gasteiger partial charge in [0.15, 0.2) is 0 Å².